The molecule has 1 amide bonds. The van der Waals surface area contributed by atoms with Crippen molar-refractivity contribution in [3.8, 4) is 0 Å². The molecule has 0 aliphatic heterocycles. The van der Waals surface area contributed by atoms with Gasteiger partial charge in [0.1, 0.15) is 0 Å². The number of ketones is 1. The number of aryl methyl sites for hydroxylation is 1. The van der Waals surface area contributed by atoms with E-state index in [2.05, 4.69) is 10.3 Å². The monoisotopic (exact) mass is 424 g/mol. The molecule has 0 aliphatic carbocycles. The number of fused-ring (bicyclic) bond motifs is 1. The number of esters is 1. The molecule has 4 aromatic rings. The summed E-state index contributed by atoms with van der Waals surface area (Å²) in [7, 11) is 0. The largest absolute Gasteiger partial charge is 0.452 e. The van der Waals surface area contributed by atoms with Crippen molar-refractivity contribution >= 4 is 34.3 Å². The number of aromatic nitrogens is 1. The molecule has 0 aliphatic rings. The Bertz CT molecular complexity index is 1300. The third kappa shape index (κ3) is 4.70. The fourth-order valence-corrected chi connectivity index (χ4v) is 3.34. The van der Waals surface area contributed by atoms with Gasteiger partial charge in [0.2, 0.25) is 0 Å². The van der Waals surface area contributed by atoms with Crippen LogP contribution in [-0.2, 0) is 9.53 Å². The quantitative estimate of drug-likeness (QED) is 0.362. The first-order valence-corrected chi connectivity index (χ1v) is 10.0. The number of para-hydroxylation sites is 1. The van der Waals surface area contributed by atoms with Gasteiger partial charge in [-0.2, -0.15) is 0 Å². The SMILES string of the molecule is Cc1cc(C(=O)OCC(=O)Nc2ccc(C(=O)c3ccccc3)cc2)c2ccccc2n1. The molecule has 0 saturated carbocycles. The van der Waals surface area contributed by atoms with Gasteiger partial charge in [0, 0.05) is 27.9 Å². The van der Waals surface area contributed by atoms with Gasteiger partial charge in [-0.1, -0.05) is 48.5 Å². The number of anilines is 1. The predicted octanol–water partition coefficient (Wildman–Crippen LogP) is 4.57. The van der Waals surface area contributed by atoms with E-state index in [9.17, 15) is 14.4 Å². The lowest BCUT2D eigenvalue weighted by atomic mass is 10.0. The van der Waals surface area contributed by atoms with E-state index in [1.807, 2.05) is 24.3 Å². The second-order valence-electron chi connectivity index (χ2n) is 7.23. The number of nitrogens with one attached hydrogen (secondary N) is 1. The molecule has 1 N–H and O–H groups in total. The summed E-state index contributed by atoms with van der Waals surface area (Å²) in [5.74, 6) is -1.17. The molecular formula is C26H20N2O4. The zero-order valence-corrected chi connectivity index (χ0v) is 17.4. The highest BCUT2D eigenvalue weighted by Crippen LogP contribution is 2.19. The third-order valence-corrected chi connectivity index (χ3v) is 4.87. The van der Waals surface area contributed by atoms with Crippen molar-refractivity contribution in [2.45, 2.75) is 6.92 Å². The van der Waals surface area contributed by atoms with Crippen molar-refractivity contribution in [1.29, 1.82) is 0 Å². The van der Waals surface area contributed by atoms with Crippen LogP contribution < -0.4 is 5.32 Å². The minimum atomic E-state index is -0.592. The highest BCUT2D eigenvalue weighted by Gasteiger charge is 2.15. The van der Waals surface area contributed by atoms with Gasteiger partial charge >= 0.3 is 5.97 Å². The van der Waals surface area contributed by atoms with E-state index in [0.29, 0.717) is 39.0 Å². The minimum Gasteiger partial charge on any atom is -0.452 e. The summed E-state index contributed by atoms with van der Waals surface area (Å²) in [4.78, 5) is 41.7. The summed E-state index contributed by atoms with van der Waals surface area (Å²) in [6.45, 7) is 1.36. The molecule has 1 heterocycles. The lowest BCUT2D eigenvalue weighted by molar-refractivity contribution is -0.119. The van der Waals surface area contributed by atoms with Crippen LogP contribution in [0.5, 0.6) is 0 Å². The van der Waals surface area contributed by atoms with E-state index < -0.39 is 18.5 Å². The van der Waals surface area contributed by atoms with Crippen LogP contribution in [0.15, 0.2) is 84.9 Å². The van der Waals surface area contributed by atoms with Gasteiger partial charge in [-0.15, -0.1) is 0 Å². The van der Waals surface area contributed by atoms with E-state index >= 15 is 0 Å². The van der Waals surface area contributed by atoms with E-state index in [1.54, 1.807) is 67.6 Å². The number of benzene rings is 3. The van der Waals surface area contributed by atoms with Crippen molar-refractivity contribution in [3.05, 3.63) is 107 Å². The van der Waals surface area contributed by atoms with E-state index in [1.165, 1.54) is 0 Å². The van der Waals surface area contributed by atoms with Crippen molar-refractivity contribution in [2.24, 2.45) is 0 Å². The van der Waals surface area contributed by atoms with Gasteiger partial charge in [-0.3, -0.25) is 14.6 Å². The van der Waals surface area contributed by atoms with Crippen LogP contribution in [-0.4, -0.2) is 29.3 Å². The van der Waals surface area contributed by atoms with Gasteiger partial charge in [0.25, 0.3) is 5.91 Å². The molecule has 6 nitrogen and oxygen atoms in total. The average molecular weight is 424 g/mol. The molecule has 158 valence electrons. The number of ether oxygens (including phenoxy) is 1. The Labute approximate surface area is 184 Å². The van der Waals surface area contributed by atoms with Crippen LogP contribution in [0.25, 0.3) is 10.9 Å². The number of amides is 1. The molecular weight excluding hydrogens is 404 g/mol. The number of carbonyl (C=O) groups excluding carboxylic acids is 3. The van der Waals surface area contributed by atoms with Crippen LogP contribution in [0.3, 0.4) is 0 Å². The van der Waals surface area contributed by atoms with Crippen molar-refractivity contribution in [1.82, 2.24) is 4.98 Å². The van der Waals surface area contributed by atoms with Crippen LogP contribution in [0.4, 0.5) is 5.69 Å². The lowest BCUT2D eigenvalue weighted by Crippen LogP contribution is -2.21. The third-order valence-electron chi connectivity index (χ3n) is 4.87. The Morgan fingerprint density at radius 2 is 1.50 bits per heavy atom. The van der Waals surface area contributed by atoms with Gasteiger partial charge in [-0.05, 0) is 43.3 Å². The summed E-state index contributed by atoms with van der Waals surface area (Å²) in [5, 5.41) is 3.33. The molecule has 3 aromatic carbocycles. The van der Waals surface area contributed by atoms with E-state index in [0.717, 1.165) is 0 Å². The number of hydrogen-bond donors (Lipinski definition) is 1. The van der Waals surface area contributed by atoms with Crippen LogP contribution in [0.1, 0.15) is 32.0 Å². The van der Waals surface area contributed by atoms with Crippen LogP contribution in [0.2, 0.25) is 0 Å². The summed E-state index contributed by atoms with van der Waals surface area (Å²) in [6.07, 6.45) is 0. The summed E-state index contributed by atoms with van der Waals surface area (Å²) in [5.41, 5.74) is 3.35. The molecule has 0 fully saturated rings. The fraction of sp³-hybridized carbons (Fsp3) is 0.0769. The number of hydrogen-bond acceptors (Lipinski definition) is 5. The van der Waals surface area contributed by atoms with Gasteiger partial charge in [-0.25, -0.2) is 4.79 Å². The van der Waals surface area contributed by atoms with Crippen molar-refractivity contribution < 1.29 is 19.1 Å². The zero-order chi connectivity index (χ0) is 22.5. The van der Waals surface area contributed by atoms with Gasteiger partial charge in [0.15, 0.2) is 12.4 Å². The Kier molecular flexibility index (Phi) is 6.03. The molecule has 0 atom stereocenters. The van der Waals surface area contributed by atoms with E-state index in [4.69, 9.17) is 4.74 Å². The molecule has 6 heteroatoms. The molecule has 4 rings (SSSR count). The number of rotatable bonds is 6. The maximum Gasteiger partial charge on any atom is 0.339 e. The topological polar surface area (TPSA) is 85.4 Å². The summed E-state index contributed by atoms with van der Waals surface area (Å²) < 4.78 is 5.21. The fourth-order valence-electron chi connectivity index (χ4n) is 3.34. The summed E-state index contributed by atoms with van der Waals surface area (Å²) in [6, 6.07) is 24.4. The Morgan fingerprint density at radius 1 is 0.844 bits per heavy atom. The molecule has 0 radical (unpaired) electrons. The Hall–Kier alpha value is -4.32. The highest BCUT2D eigenvalue weighted by molar-refractivity contribution is 6.09. The molecule has 0 spiro atoms. The second-order valence-corrected chi connectivity index (χ2v) is 7.23. The number of carbonyl (C=O) groups is 3. The zero-order valence-electron chi connectivity index (χ0n) is 17.4. The average Bonchev–Trinajstić information content (AvgIpc) is 2.82. The van der Waals surface area contributed by atoms with Crippen LogP contribution in [0, 0.1) is 6.92 Å². The van der Waals surface area contributed by atoms with Crippen molar-refractivity contribution in [3.63, 3.8) is 0 Å². The number of pyridine rings is 1. The Morgan fingerprint density at radius 3 is 2.25 bits per heavy atom. The molecule has 32 heavy (non-hydrogen) atoms. The van der Waals surface area contributed by atoms with Crippen LogP contribution >= 0.6 is 0 Å². The maximum atomic E-state index is 12.6. The molecule has 1 aromatic heterocycles. The predicted molar refractivity (Wildman–Crippen MR) is 122 cm³/mol. The first kappa shape index (κ1) is 20.9. The van der Waals surface area contributed by atoms with Crippen molar-refractivity contribution in [2.75, 3.05) is 11.9 Å². The lowest BCUT2D eigenvalue weighted by Gasteiger charge is -2.09. The minimum absolute atomic E-state index is 0.0997. The van der Waals surface area contributed by atoms with E-state index in [-0.39, 0.29) is 5.78 Å². The molecule has 0 bridgehead atoms. The normalized spacial score (nSPS) is 10.5. The van der Waals surface area contributed by atoms with Gasteiger partial charge < -0.3 is 10.1 Å². The molecule has 0 saturated heterocycles. The number of nitrogens with zero attached hydrogens (tertiary/aromatic N) is 1. The first-order chi connectivity index (χ1) is 15.5. The smallest absolute Gasteiger partial charge is 0.339 e. The molecule has 0 unspecified atom stereocenters. The summed E-state index contributed by atoms with van der Waals surface area (Å²) >= 11 is 0. The Balaban J connectivity index is 1.37. The van der Waals surface area contributed by atoms with Gasteiger partial charge in [0.05, 0.1) is 11.1 Å². The second kappa shape index (κ2) is 9.22. The standard InChI is InChI=1S/C26H20N2O4/c1-17-15-22(21-9-5-6-10-23(21)27-17)26(31)32-16-24(29)28-20-13-11-19(12-14-20)25(30)18-7-3-2-4-8-18/h2-15H,16H2,1H3,(H,28,29). The first-order valence-electron chi connectivity index (χ1n) is 10.0. The maximum absolute atomic E-state index is 12.6. The highest BCUT2D eigenvalue weighted by atomic mass is 16.5.